The molecule has 0 amide bonds. The molecule has 0 saturated heterocycles. The van der Waals surface area contributed by atoms with Crippen molar-refractivity contribution in [3.8, 4) is 0 Å². The molecule has 8 heteroatoms. The fourth-order valence-corrected chi connectivity index (χ4v) is 3.76. The van der Waals surface area contributed by atoms with Crippen LogP contribution in [0.15, 0.2) is 40.2 Å². The minimum Gasteiger partial charge on any atom is -0.357 e. The smallest absolute Gasteiger partial charge is 0.191 e. The molecule has 1 fully saturated rings. The minimum absolute atomic E-state index is 0. The summed E-state index contributed by atoms with van der Waals surface area (Å²) in [5.41, 5.74) is 0. The zero-order valence-corrected chi connectivity index (χ0v) is 18.7. The van der Waals surface area contributed by atoms with Crippen molar-refractivity contribution in [3.63, 3.8) is 0 Å². The molecule has 0 radical (unpaired) electrons. The summed E-state index contributed by atoms with van der Waals surface area (Å²) in [6.45, 7) is 6.29. The highest BCUT2D eigenvalue weighted by Gasteiger charge is 2.43. The lowest BCUT2D eigenvalue weighted by molar-refractivity contribution is 0.743. The van der Waals surface area contributed by atoms with Crippen LogP contribution in [0, 0.1) is 6.92 Å². The fraction of sp³-hybridized carbons (Fsp3) is 0.500. The van der Waals surface area contributed by atoms with Crippen LogP contribution in [0.5, 0.6) is 0 Å². The lowest BCUT2D eigenvalue weighted by Crippen LogP contribution is -2.41. The zero-order chi connectivity index (χ0) is 17.7. The number of aromatic nitrogens is 3. The summed E-state index contributed by atoms with van der Waals surface area (Å²) in [5.74, 6) is 2.61. The number of guanidine groups is 1. The molecule has 0 atom stereocenters. The zero-order valence-electron chi connectivity index (χ0n) is 15.5. The number of halogens is 1. The van der Waals surface area contributed by atoms with Crippen molar-refractivity contribution in [3.05, 3.63) is 42.0 Å². The van der Waals surface area contributed by atoms with Crippen LogP contribution >= 0.6 is 35.7 Å². The van der Waals surface area contributed by atoms with E-state index in [1.165, 1.54) is 17.7 Å². The molecule has 0 bridgehead atoms. The minimum atomic E-state index is 0. The van der Waals surface area contributed by atoms with E-state index < -0.39 is 0 Å². The first kappa shape index (κ1) is 21.0. The summed E-state index contributed by atoms with van der Waals surface area (Å²) >= 11 is 1.97. The largest absolute Gasteiger partial charge is 0.357 e. The summed E-state index contributed by atoms with van der Waals surface area (Å²) < 4.78 is 2.26. The molecule has 1 aliphatic rings. The highest BCUT2D eigenvalue weighted by molar-refractivity contribution is 14.0. The van der Waals surface area contributed by atoms with Crippen LogP contribution in [0.2, 0.25) is 0 Å². The summed E-state index contributed by atoms with van der Waals surface area (Å²) in [5, 5.41) is 15.1. The molecule has 2 aromatic rings. The van der Waals surface area contributed by atoms with E-state index in [-0.39, 0.29) is 24.0 Å². The topological polar surface area (TPSA) is 67.1 Å². The van der Waals surface area contributed by atoms with Gasteiger partial charge in [-0.15, -0.1) is 45.9 Å². The van der Waals surface area contributed by atoms with E-state index in [9.17, 15) is 0 Å². The number of nitrogens with one attached hydrogen (secondary N) is 2. The van der Waals surface area contributed by atoms with Gasteiger partial charge in [-0.3, -0.25) is 0 Å². The van der Waals surface area contributed by atoms with Crippen molar-refractivity contribution in [2.45, 2.75) is 42.9 Å². The molecule has 6 nitrogen and oxygen atoms in total. The van der Waals surface area contributed by atoms with E-state index in [0.717, 1.165) is 30.7 Å². The van der Waals surface area contributed by atoms with Gasteiger partial charge in [0.25, 0.3) is 0 Å². The summed E-state index contributed by atoms with van der Waals surface area (Å²) in [4.78, 5) is 5.99. The van der Waals surface area contributed by atoms with Gasteiger partial charge in [0, 0.05) is 29.8 Å². The molecule has 0 aliphatic heterocycles. The monoisotopic (exact) mass is 486 g/mol. The molecule has 1 aromatic carbocycles. The number of aliphatic imine (C=N–C) groups is 1. The van der Waals surface area contributed by atoms with Crippen molar-refractivity contribution in [1.82, 2.24) is 25.4 Å². The summed E-state index contributed by atoms with van der Waals surface area (Å²) in [6, 6.07) is 10.6. The van der Waals surface area contributed by atoms with Crippen LogP contribution in [0.4, 0.5) is 0 Å². The first-order valence-electron chi connectivity index (χ1n) is 8.73. The van der Waals surface area contributed by atoms with Crippen molar-refractivity contribution in [2.75, 3.05) is 13.1 Å². The number of rotatable bonds is 7. The molecule has 1 aromatic heterocycles. The maximum Gasteiger partial charge on any atom is 0.191 e. The molecule has 1 heterocycles. The number of hydrogen-bond donors (Lipinski definition) is 2. The third-order valence-electron chi connectivity index (χ3n) is 4.37. The van der Waals surface area contributed by atoms with E-state index in [2.05, 4.69) is 63.1 Å². The van der Waals surface area contributed by atoms with E-state index in [1.54, 1.807) is 0 Å². The van der Waals surface area contributed by atoms with Gasteiger partial charge in [-0.1, -0.05) is 18.2 Å². The molecule has 0 unspecified atom stereocenters. The van der Waals surface area contributed by atoms with Gasteiger partial charge in [-0.2, -0.15) is 0 Å². The van der Waals surface area contributed by atoms with Crippen molar-refractivity contribution in [1.29, 1.82) is 0 Å². The van der Waals surface area contributed by atoms with Crippen LogP contribution in [0.3, 0.4) is 0 Å². The van der Waals surface area contributed by atoms with Crippen LogP contribution in [-0.4, -0.2) is 38.6 Å². The Morgan fingerprint density at radius 1 is 1.23 bits per heavy atom. The van der Waals surface area contributed by atoms with Crippen molar-refractivity contribution < 1.29 is 0 Å². The maximum absolute atomic E-state index is 4.66. The van der Waals surface area contributed by atoms with Crippen LogP contribution in [0.1, 0.15) is 31.4 Å². The van der Waals surface area contributed by atoms with E-state index >= 15 is 0 Å². The lowest BCUT2D eigenvalue weighted by atomic mass is 10.4. The van der Waals surface area contributed by atoms with Gasteiger partial charge in [0.15, 0.2) is 11.8 Å². The average molecular weight is 486 g/mol. The molecular formula is C18H27IN6S. The predicted octanol–water partition coefficient (Wildman–Crippen LogP) is 3.12. The van der Waals surface area contributed by atoms with Crippen LogP contribution in [0.25, 0.3) is 0 Å². The average Bonchev–Trinajstić information content (AvgIpc) is 3.31. The number of nitrogens with zero attached hydrogens (tertiary/aromatic N) is 4. The Hall–Kier alpha value is -1.29. The SMILES string of the molecule is CCNC(=NCc1nnc(C)n1C)NCC1(Sc2ccccc2)CC1.I. The lowest BCUT2D eigenvalue weighted by Gasteiger charge is -2.18. The molecule has 1 aliphatic carbocycles. The van der Waals surface area contributed by atoms with Gasteiger partial charge in [-0.25, -0.2) is 4.99 Å². The van der Waals surface area contributed by atoms with Gasteiger partial charge in [0.05, 0.1) is 0 Å². The predicted molar refractivity (Wildman–Crippen MR) is 118 cm³/mol. The second kappa shape index (κ2) is 9.59. The van der Waals surface area contributed by atoms with Crippen LogP contribution in [-0.2, 0) is 13.6 Å². The number of hydrogen-bond acceptors (Lipinski definition) is 4. The Balaban J connectivity index is 0.00000243. The third-order valence-corrected chi connectivity index (χ3v) is 5.86. The molecule has 26 heavy (non-hydrogen) atoms. The third kappa shape index (κ3) is 5.60. The highest BCUT2D eigenvalue weighted by atomic mass is 127. The Labute approximate surface area is 176 Å². The first-order valence-corrected chi connectivity index (χ1v) is 9.55. The van der Waals surface area contributed by atoms with Gasteiger partial charge >= 0.3 is 0 Å². The molecule has 1 saturated carbocycles. The maximum atomic E-state index is 4.66. The second-order valence-corrected chi connectivity index (χ2v) is 7.91. The van der Waals surface area contributed by atoms with E-state index in [0.29, 0.717) is 11.3 Å². The van der Waals surface area contributed by atoms with Crippen molar-refractivity contribution >= 4 is 41.7 Å². The van der Waals surface area contributed by atoms with Crippen molar-refractivity contribution in [2.24, 2.45) is 12.0 Å². The van der Waals surface area contributed by atoms with Gasteiger partial charge < -0.3 is 15.2 Å². The molecule has 142 valence electrons. The molecule has 2 N–H and O–H groups in total. The van der Waals surface area contributed by atoms with E-state index in [4.69, 9.17) is 0 Å². The van der Waals surface area contributed by atoms with Gasteiger partial charge in [-0.05, 0) is 38.8 Å². The quantitative estimate of drug-likeness (QED) is 0.358. The fourth-order valence-electron chi connectivity index (χ4n) is 2.52. The first-order chi connectivity index (χ1) is 12.1. The number of thioether (sulfide) groups is 1. The second-order valence-electron chi connectivity index (χ2n) is 6.37. The van der Waals surface area contributed by atoms with Gasteiger partial charge in [0.2, 0.25) is 0 Å². The van der Waals surface area contributed by atoms with Gasteiger partial charge in [0.1, 0.15) is 12.4 Å². The Bertz CT molecular complexity index is 727. The number of aryl methyl sites for hydroxylation is 1. The molecular weight excluding hydrogens is 459 g/mol. The molecule has 3 rings (SSSR count). The number of benzene rings is 1. The standard InChI is InChI=1S/C18H26N6S.HI/c1-4-19-17(20-12-16-23-22-14(2)24(16)3)21-13-18(10-11-18)25-15-8-6-5-7-9-15;/h5-9H,4,10-13H2,1-3H3,(H2,19,20,21);1H. The Kier molecular flexibility index (Phi) is 7.75. The Morgan fingerprint density at radius 2 is 1.96 bits per heavy atom. The summed E-state index contributed by atoms with van der Waals surface area (Å²) in [7, 11) is 1.97. The normalized spacial score (nSPS) is 15.3. The Morgan fingerprint density at radius 3 is 2.54 bits per heavy atom. The highest BCUT2D eigenvalue weighted by Crippen LogP contribution is 2.51. The summed E-state index contributed by atoms with van der Waals surface area (Å²) in [6.07, 6.45) is 2.48. The van der Waals surface area contributed by atoms with Crippen LogP contribution < -0.4 is 10.6 Å². The molecule has 0 spiro atoms. The van der Waals surface area contributed by atoms with E-state index in [1.807, 2.05) is 30.3 Å².